The number of benzene rings is 1. The van der Waals surface area contributed by atoms with Gasteiger partial charge in [-0.25, -0.2) is 4.79 Å². The van der Waals surface area contributed by atoms with Crippen LogP contribution in [0.3, 0.4) is 0 Å². The van der Waals surface area contributed by atoms with E-state index in [0.717, 1.165) is 25.8 Å². The molecule has 0 saturated carbocycles. The summed E-state index contributed by atoms with van der Waals surface area (Å²) >= 11 is 1.73. The van der Waals surface area contributed by atoms with Crippen LogP contribution in [-0.4, -0.2) is 29.4 Å². The Balaban J connectivity index is 2.16. The number of rotatable bonds is 2. The van der Waals surface area contributed by atoms with Gasteiger partial charge < -0.3 is 9.64 Å². The summed E-state index contributed by atoms with van der Waals surface area (Å²) in [5, 5.41) is 0. The molecule has 0 radical (unpaired) electrons. The van der Waals surface area contributed by atoms with E-state index in [4.69, 9.17) is 4.74 Å². The minimum Gasteiger partial charge on any atom is -0.444 e. The average Bonchev–Trinajstić information content (AvgIpc) is 2.45. The summed E-state index contributed by atoms with van der Waals surface area (Å²) in [5.41, 5.74) is 0.764. The summed E-state index contributed by atoms with van der Waals surface area (Å²) in [4.78, 5) is 15.6. The summed E-state index contributed by atoms with van der Waals surface area (Å²) in [6.45, 7) is 6.52. The minimum absolute atomic E-state index is 0.143. The third-order valence-electron chi connectivity index (χ3n) is 3.63. The fourth-order valence-corrected chi connectivity index (χ4v) is 3.05. The molecule has 2 rings (SSSR count). The molecule has 1 heterocycles. The molecule has 1 fully saturated rings. The largest absolute Gasteiger partial charge is 0.444 e. The maximum absolute atomic E-state index is 12.4. The molecule has 0 aliphatic carbocycles. The maximum atomic E-state index is 12.4. The normalized spacial score (nSPS) is 19.4. The molecule has 0 aromatic heterocycles. The molecule has 1 saturated heterocycles. The van der Waals surface area contributed by atoms with Gasteiger partial charge in [-0.3, -0.25) is 0 Å². The lowest BCUT2D eigenvalue weighted by atomic mass is 9.96. The van der Waals surface area contributed by atoms with E-state index in [2.05, 4.69) is 30.5 Å². The first-order valence-electron chi connectivity index (χ1n) is 7.54. The van der Waals surface area contributed by atoms with Gasteiger partial charge in [0.25, 0.3) is 0 Å². The molecule has 0 unspecified atom stereocenters. The third-order valence-corrected chi connectivity index (χ3v) is 4.37. The number of carbonyl (C=O) groups is 1. The molecule has 0 bridgehead atoms. The van der Waals surface area contributed by atoms with E-state index in [0.29, 0.717) is 0 Å². The van der Waals surface area contributed by atoms with E-state index >= 15 is 0 Å². The Kier molecular flexibility index (Phi) is 5.20. The van der Waals surface area contributed by atoms with Gasteiger partial charge in [0.1, 0.15) is 5.60 Å². The molecule has 4 heteroatoms. The van der Waals surface area contributed by atoms with Crippen LogP contribution < -0.4 is 0 Å². The van der Waals surface area contributed by atoms with Crippen LogP contribution in [0.4, 0.5) is 4.79 Å². The van der Waals surface area contributed by atoms with Crippen molar-refractivity contribution in [2.24, 2.45) is 0 Å². The summed E-state index contributed by atoms with van der Waals surface area (Å²) in [7, 11) is 0. The third kappa shape index (κ3) is 4.40. The van der Waals surface area contributed by atoms with Gasteiger partial charge in [0.05, 0.1) is 6.04 Å². The van der Waals surface area contributed by atoms with Crippen molar-refractivity contribution in [3.8, 4) is 0 Å². The number of carbonyl (C=O) groups excluding carboxylic acids is 1. The van der Waals surface area contributed by atoms with Gasteiger partial charge in [-0.2, -0.15) is 0 Å². The maximum Gasteiger partial charge on any atom is 0.410 e. The standard InChI is InChI=1S/C17H25NO2S/c1-17(2,3)20-16(19)18-12-6-5-7-15(18)13-8-10-14(21-4)11-9-13/h8-11,15H,5-7,12H2,1-4H3/t15-/m0/s1. The first-order chi connectivity index (χ1) is 9.90. The highest BCUT2D eigenvalue weighted by atomic mass is 32.2. The van der Waals surface area contributed by atoms with Crippen LogP contribution in [0.15, 0.2) is 29.2 Å². The van der Waals surface area contributed by atoms with Crippen LogP contribution in [0, 0.1) is 0 Å². The van der Waals surface area contributed by atoms with E-state index in [-0.39, 0.29) is 12.1 Å². The van der Waals surface area contributed by atoms with Crippen LogP contribution in [0.1, 0.15) is 51.6 Å². The zero-order chi connectivity index (χ0) is 15.5. The van der Waals surface area contributed by atoms with Gasteiger partial charge in [-0.05, 0) is 64.0 Å². The Morgan fingerprint density at radius 1 is 1.24 bits per heavy atom. The summed E-state index contributed by atoms with van der Waals surface area (Å²) in [6.07, 6.45) is 5.11. The van der Waals surface area contributed by atoms with Crippen LogP contribution in [0.2, 0.25) is 0 Å². The Hall–Kier alpha value is -1.16. The van der Waals surface area contributed by atoms with Crippen molar-refractivity contribution >= 4 is 17.9 Å². The highest BCUT2D eigenvalue weighted by Crippen LogP contribution is 2.32. The number of hydrogen-bond donors (Lipinski definition) is 0. The summed E-state index contributed by atoms with van der Waals surface area (Å²) < 4.78 is 5.56. The lowest BCUT2D eigenvalue weighted by Gasteiger charge is -2.37. The van der Waals surface area contributed by atoms with Crippen molar-refractivity contribution in [2.45, 2.75) is 56.6 Å². The minimum atomic E-state index is -0.443. The van der Waals surface area contributed by atoms with E-state index in [1.54, 1.807) is 11.8 Å². The molecule has 21 heavy (non-hydrogen) atoms. The number of ether oxygens (including phenoxy) is 1. The average molecular weight is 307 g/mol. The number of nitrogens with zero attached hydrogens (tertiary/aromatic N) is 1. The van der Waals surface area contributed by atoms with E-state index < -0.39 is 5.60 Å². The van der Waals surface area contributed by atoms with Gasteiger partial charge >= 0.3 is 6.09 Å². The van der Waals surface area contributed by atoms with E-state index in [1.165, 1.54) is 10.5 Å². The van der Waals surface area contributed by atoms with Gasteiger partial charge in [0.15, 0.2) is 0 Å². The second-order valence-electron chi connectivity index (χ2n) is 6.46. The number of likely N-dealkylation sites (tertiary alicyclic amines) is 1. The number of thioether (sulfide) groups is 1. The van der Waals surface area contributed by atoms with Crippen molar-refractivity contribution in [3.63, 3.8) is 0 Å². The molecular weight excluding hydrogens is 282 g/mol. The molecule has 0 spiro atoms. The van der Waals surface area contributed by atoms with Crippen LogP contribution in [0.5, 0.6) is 0 Å². The van der Waals surface area contributed by atoms with Crippen molar-refractivity contribution in [3.05, 3.63) is 29.8 Å². The SMILES string of the molecule is CSc1ccc([C@@H]2CCCCN2C(=O)OC(C)(C)C)cc1. The monoisotopic (exact) mass is 307 g/mol. The second kappa shape index (κ2) is 6.73. The van der Waals surface area contributed by atoms with Crippen LogP contribution >= 0.6 is 11.8 Å². The fraction of sp³-hybridized carbons (Fsp3) is 0.588. The van der Waals surface area contributed by atoms with Gasteiger partial charge in [-0.15, -0.1) is 11.8 Å². The predicted octanol–water partition coefficient (Wildman–Crippen LogP) is 4.87. The zero-order valence-corrected chi connectivity index (χ0v) is 14.2. The van der Waals surface area contributed by atoms with Crippen molar-refractivity contribution in [2.75, 3.05) is 12.8 Å². The van der Waals surface area contributed by atoms with Crippen molar-refractivity contribution in [1.82, 2.24) is 4.90 Å². The first kappa shape index (κ1) is 16.2. The zero-order valence-electron chi connectivity index (χ0n) is 13.4. The molecular formula is C17H25NO2S. The van der Waals surface area contributed by atoms with Gasteiger partial charge in [0, 0.05) is 11.4 Å². The first-order valence-corrected chi connectivity index (χ1v) is 8.77. The van der Waals surface area contributed by atoms with Gasteiger partial charge in [-0.1, -0.05) is 12.1 Å². The quantitative estimate of drug-likeness (QED) is 0.730. The van der Waals surface area contributed by atoms with E-state index in [9.17, 15) is 4.79 Å². The van der Waals surface area contributed by atoms with Crippen LogP contribution in [0.25, 0.3) is 0 Å². The van der Waals surface area contributed by atoms with Gasteiger partial charge in [0.2, 0.25) is 0 Å². The smallest absolute Gasteiger partial charge is 0.410 e. The number of hydrogen-bond acceptors (Lipinski definition) is 3. The number of piperidine rings is 1. The van der Waals surface area contributed by atoms with E-state index in [1.807, 2.05) is 25.7 Å². The van der Waals surface area contributed by atoms with Crippen molar-refractivity contribution < 1.29 is 9.53 Å². The lowest BCUT2D eigenvalue weighted by molar-refractivity contribution is 0.00951. The molecule has 116 valence electrons. The Labute approximate surface area is 132 Å². The summed E-state index contributed by atoms with van der Waals surface area (Å²) in [6, 6.07) is 8.67. The molecule has 1 amide bonds. The second-order valence-corrected chi connectivity index (χ2v) is 7.34. The molecule has 1 aromatic carbocycles. The molecule has 0 N–H and O–H groups in total. The molecule has 1 aromatic rings. The predicted molar refractivity (Wildman–Crippen MR) is 87.8 cm³/mol. The van der Waals surface area contributed by atoms with Crippen LogP contribution in [-0.2, 0) is 4.74 Å². The highest BCUT2D eigenvalue weighted by Gasteiger charge is 2.31. The fourth-order valence-electron chi connectivity index (χ4n) is 2.64. The topological polar surface area (TPSA) is 29.5 Å². The molecule has 1 aliphatic heterocycles. The Bertz CT molecular complexity index is 479. The Morgan fingerprint density at radius 3 is 2.48 bits per heavy atom. The molecule has 1 aliphatic rings. The van der Waals surface area contributed by atoms with Crippen molar-refractivity contribution in [1.29, 1.82) is 0 Å². The molecule has 3 nitrogen and oxygen atoms in total. The lowest BCUT2D eigenvalue weighted by Crippen LogP contribution is -2.41. The number of amides is 1. The highest BCUT2D eigenvalue weighted by molar-refractivity contribution is 7.98. The summed E-state index contributed by atoms with van der Waals surface area (Å²) in [5.74, 6) is 0. The Morgan fingerprint density at radius 2 is 1.90 bits per heavy atom. The molecule has 1 atom stereocenters.